The van der Waals surface area contributed by atoms with Crippen LogP contribution in [-0.2, 0) is 4.84 Å². The first-order valence-corrected chi connectivity index (χ1v) is 3.70. The minimum absolute atomic E-state index is 0.423. The normalized spacial score (nSPS) is 20.8. The van der Waals surface area contributed by atoms with Crippen LogP contribution in [0.1, 0.15) is 25.7 Å². The molecule has 2 nitrogen and oxygen atoms in total. The Balaban J connectivity index is 2.31. The quantitative estimate of drug-likeness (QED) is 0.374. The van der Waals surface area contributed by atoms with E-state index in [1.807, 2.05) is 0 Å². The Hall–Kier alpha value is -0.360. The van der Waals surface area contributed by atoms with Crippen LogP contribution in [0.15, 0.2) is 0 Å². The maximum Gasteiger partial charge on any atom is 0.541 e. The van der Waals surface area contributed by atoms with E-state index in [1.54, 1.807) is 0 Å². The number of hydrogen-bond acceptors (Lipinski definition) is 2. The molecule has 1 fully saturated rings. The first kappa shape index (κ1) is 9.73. The molecule has 0 saturated heterocycles. The molecule has 1 aliphatic carbocycles. The fraction of sp³-hybridized carbons (Fsp3) is 1.00. The third-order valence-corrected chi connectivity index (χ3v) is 1.80. The van der Waals surface area contributed by atoms with Gasteiger partial charge in [-0.05, 0) is 18.1 Å². The predicted octanol–water partition coefficient (Wildman–Crippen LogP) is 2.57. The van der Waals surface area contributed by atoms with E-state index in [-0.39, 0.29) is 0 Å². The highest BCUT2D eigenvalue weighted by molar-refractivity contribution is 4.69. The van der Waals surface area contributed by atoms with Gasteiger partial charge in [-0.1, -0.05) is 12.8 Å². The minimum atomic E-state index is -4.92. The topological polar surface area (TPSA) is 12.5 Å². The van der Waals surface area contributed by atoms with Crippen molar-refractivity contribution < 1.29 is 22.5 Å². The average molecular weight is 187 g/mol. The molecule has 0 unspecified atom stereocenters. The largest absolute Gasteiger partial charge is 0.541 e. The van der Waals surface area contributed by atoms with Crippen molar-refractivity contribution in [3.63, 3.8) is 0 Å². The van der Waals surface area contributed by atoms with Gasteiger partial charge in [-0.2, -0.15) is 4.84 Å². The number of nitrogens with zero attached hydrogens (tertiary/aromatic N) is 1. The zero-order chi connectivity index (χ0) is 9.19. The molecule has 1 aliphatic rings. The summed E-state index contributed by atoms with van der Waals surface area (Å²) in [6.45, 7) is 0. The van der Waals surface area contributed by atoms with Gasteiger partial charge in [0, 0.05) is 0 Å². The molecular formula is C6H9F4NO. The zero-order valence-electron chi connectivity index (χ0n) is 6.27. The van der Waals surface area contributed by atoms with Crippen LogP contribution in [0.4, 0.5) is 17.7 Å². The summed E-state index contributed by atoms with van der Waals surface area (Å²) in [5, 5.41) is -0.576. The highest BCUT2D eigenvalue weighted by Crippen LogP contribution is 2.27. The Labute approximate surface area is 67.0 Å². The Morgan fingerprint density at radius 3 is 2.08 bits per heavy atom. The summed E-state index contributed by atoms with van der Waals surface area (Å²) in [4.78, 5) is 3.09. The SMILES string of the molecule is FN(OC(F)(F)F)C1CCCC1. The second-order valence-electron chi connectivity index (χ2n) is 2.75. The third kappa shape index (κ3) is 2.94. The van der Waals surface area contributed by atoms with Gasteiger partial charge in [0.1, 0.15) is 0 Å². The van der Waals surface area contributed by atoms with Gasteiger partial charge in [-0.15, -0.1) is 17.7 Å². The van der Waals surface area contributed by atoms with Gasteiger partial charge in [0.05, 0.1) is 6.04 Å². The van der Waals surface area contributed by atoms with Crippen molar-refractivity contribution in [2.75, 3.05) is 0 Å². The molecule has 0 aliphatic heterocycles. The summed E-state index contributed by atoms with van der Waals surface area (Å²) >= 11 is 0. The Bertz CT molecular complexity index is 143. The lowest BCUT2D eigenvalue weighted by Gasteiger charge is -2.18. The smallest absolute Gasteiger partial charge is 0.170 e. The number of hydrogen-bond donors (Lipinski definition) is 0. The molecule has 0 heterocycles. The van der Waals surface area contributed by atoms with Crippen LogP contribution in [0.25, 0.3) is 0 Å². The molecule has 12 heavy (non-hydrogen) atoms. The summed E-state index contributed by atoms with van der Waals surface area (Å²) in [5.74, 6) is 0. The second-order valence-corrected chi connectivity index (χ2v) is 2.75. The lowest BCUT2D eigenvalue weighted by atomic mass is 10.3. The summed E-state index contributed by atoms with van der Waals surface area (Å²) in [6, 6.07) is -0.730. The van der Waals surface area contributed by atoms with Gasteiger partial charge < -0.3 is 0 Å². The molecule has 0 radical (unpaired) electrons. The van der Waals surface area contributed by atoms with Gasteiger partial charge in [-0.3, -0.25) is 0 Å². The summed E-state index contributed by atoms with van der Waals surface area (Å²) < 4.78 is 46.9. The molecule has 0 bridgehead atoms. The highest BCUT2D eigenvalue weighted by atomic mass is 19.4. The summed E-state index contributed by atoms with van der Waals surface area (Å²) in [5.41, 5.74) is 0. The van der Waals surface area contributed by atoms with E-state index in [1.165, 1.54) is 0 Å². The van der Waals surface area contributed by atoms with E-state index in [0.717, 1.165) is 12.8 Å². The predicted molar refractivity (Wildman–Crippen MR) is 32.3 cm³/mol. The van der Waals surface area contributed by atoms with Crippen LogP contribution < -0.4 is 0 Å². The molecule has 0 atom stereocenters. The maximum absolute atomic E-state index is 12.5. The molecular weight excluding hydrogens is 178 g/mol. The van der Waals surface area contributed by atoms with Crippen molar-refractivity contribution in [2.24, 2.45) is 0 Å². The van der Waals surface area contributed by atoms with Crippen LogP contribution in [-0.4, -0.2) is 17.7 Å². The molecule has 0 N–H and O–H groups in total. The first-order valence-electron chi connectivity index (χ1n) is 3.70. The van der Waals surface area contributed by atoms with E-state index in [0.29, 0.717) is 12.8 Å². The molecule has 1 saturated carbocycles. The lowest BCUT2D eigenvalue weighted by molar-refractivity contribution is -0.469. The first-order chi connectivity index (χ1) is 5.49. The Morgan fingerprint density at radius 2 is 1.67 bits per heavy atom. The molecule has 0 aromatic heterocycles. The molecule has 6 heteroatoms. The zero-order valence-corrected chi connectivity index (χ0v) is 6.27. The van der Waals surface area contributed by atoms with Crippen molar-refractivity contribution in [2.45, 2.75) is 38.1 Å². The second kappa shape index (κ2) is 3.57. The van der Waals surface area contributed by atoms with Crippen molar-refractivity contribution >= 4 is 0 Å². The van der Waals surface area contributed by atoms with Crippen LogP contribution in [0, 0.1) is 0 Å². The average Bonchev–Trinajstić information content (AvgIpc) is 2.32. The van der Waals surface area contributed by atoms with Crippen LogP contribution in [0.5, 0.6) is 0 Å². The van der Waals surface area contributed by atoms with Crippen LogP contribution >= 0.6 is 0 Å². The van der Waals surface area contributed by atoms with Gasteiger partial charge in [0.2, 0.25) is 0 Å². The molecule has 1 rings (SSSR count). The van der Waals surface area contributed by atoms with Crippen molar-refractivity contribution in [3.8, 4) is 0 Å². The Morgan fingerprint density at radius 1 is 1.17 bits per heavy atom. The number of rotatable bonds is 2. The fourth-order valence-corrected chi connectivity index (χ4v) is 1.28. The van der Waals surface area contributed by atoms with E-state index >= 15 is 0 Å². The number of hydroxylamine groups is 1. The molecule has 0 amide bonds. The van der Waals surface area contributed by atoms with Gasteiger partial charge in [0.15, 0.2) is 0 Å². The minimum Gasteiger partial charge on any atom is -0.170 e. The van der Waals surface area contributed by atoms with Crippen molar-refractivity contribution in [3.05, 3.63) is 0 Å². The van der Waals surface area contributed by atoms with Gasteiger partial charge >= 0.3 is 6.36 Å². The summed E-state index contributed by atoms with van der Waals surface area (Å²) in [6.07, 6.45) is -2.56. The van der Waals surface area contributed by atoms with Crippen LogP contribution in [0.3, 0.4) is 0 Å². The molecule has 0 aromatic carbocycles. The van der Waals surface area contributed by atoms with Crippen molar-refractivity contribution in [1.82, 2.24) is 5.29 Å². The number of alkyl halides is 3. The van der Waals surface area contributed by atoms with Gasteiger partial charge in [0.25, 0.3) is 0 Å². The van der Waals surface area contributed by atoms with Crippen molar-refractivity contribution in [1.29, 1.82) is 0 Å². The van der Waals surface area contributed by atoms with Crippen LogP contribution in [0.2, 0.25) is 0 Å². The van der Waals surface area contributed by atoms with E-state index < -0.39 is 17.7 Å². The van der Waals surface area contributed by atoms with E-state index in [2.05, 4.69) is 4.84 Å². The Kier molecular flexibility index (Phi) is 2.89. The highest BCUT2D eigenvalue weighted by Gasteiger charge is 2.37. The van der Waals surface area contributed by atoms with E-state index in [9.17, 15) is 17.7 Å². The number of halogens is 4. The molecule has 72 valence electrons. The third-order valence-electron chi connectivity index (χ3n) is 1.80. The molecule has 0 aromatic rings. The fourth-order valence-electron chi connectivity index (χ4n) is 1.28. The molecule has 0 spiro atoms. The monoisotopic (exact) mass is 187 g/mol. The lowest BCUT2D eigenvalue weighted by Crippen LogP contribution is -2.32. The van der Waals surface area contributed by atoms with Gasteiger partial charge in [-0.25, -0.2) is 0 Å². The summed E-state index contributed by atoms with van der Waals surface area (Å²) in [7, 11) is 0. The standard InChI is InChI=1S/C6H9F4NO/c7-6(8,9)12-11(10)5-3-1-2-4-5/h5H,1-4H2. The van der Waals surface area contributed by atoms with E-state index in [4.69, 9.17) is 0 Å². The maximum atomic E-state index is 12.5.